The highest BCUT2D eigenvalue weighted by molar-refractivity contribution is 7.99. The Bertz CT molecular complexity index is 588. The summed E-state index contributed by atoms with van der Waals surface area (Å²) in [4.78, 5) is 19.0. The van der Waals surface area contributed by atoms with E-state index in [1.54, 1.807) is 0 Å². The number of ether oxygens (including phenoxy) is 1. The molecule has 2 saturated heterocycles. The van der Waals surface area contributed by atoms with Gasteiger partial charge in [-0.2, -0.15) is 0 Å². The van der Waals surface area contributed by atoms with Crippen molar-refractivity contribution in [2.24, 2.45) is 5.92 Å². The van der Waals surface area contributed by atoms with Gasteiger partial charge in [-0.25, -0.2) is 0 Å². The summed E-state index contributed by atoms with van der Waals surface area (Å²) >= 11 is 1.82. The predicted octanol–water partition coefficient (Wildman–Crippen LogP) is 2.05. The third-order valence-electron chi connectivity index (χ3n) is 5.40. The Labute approximate surface area is 142 Å². The van der Waals surface area contributed by atoms with Gasteiger partial charge in [0.15, 0.2) is 0 Å². The van der Waals surface area contributed by atoms with Crippen LogP contribution in [0, 0.1) is 5.92 Å². The van der Waals surface area contributed by atoms with Gasteiger partial charge >= 0.3 is 0 Å². The fraction of sp³-hybridized carbons (Fsp3) is 0.611. The van der Waals surface area contributed by atoms with E-state index in [2.05, 4.69) is 34.9 Å². The van der Waals surface area contributed by atoms with E-state index in [0.717, 1.165) is 45.1 Å². The molecular weight excluding hydrogens is 308 g/mol. The van der Waals surface area contributed by atoms with Gasteiger partial charge in [0.2, 0.25) is 5.91 Å². The fourth-order valence-corrected chi connectivity index (χ4v) is 5.32. The van der Waals surface area contributed by atoms with Crippen LogP contribution in [0.2, 0.25) is 0 Å². The Kier molecular flexibility index (Phi) is 4.35. The maximum atomic E-state index is 13.1. The molecule has 3 heterocycles. The number of carbonyl (C=O) groups is 1. The number of thioether (sulfide) groups is 1. The van der Waals surface area contributed by atoms with Crippen molar-refractivity contribution in [2.45, 2.75) is 23.8 Å². The molecular formula is C18H24N2O2S. The average Bonchev–Trinajstić information content (AvgIpc) is 3.19. The smallest absolute Gasteiger partial charge is 0.231 e. The van der Waals surface area contributed by atoms with Crippen LogP contribution in [0.4, 0.5) is 0 Å². The molecule has 4 rings (SSSR count). The standard InChI is InChI=1S/C18H24N2O2S/c1-13-10-20(11-16(13)19-6-8-22-9-7-19)18(21)15-12-23-17-5-3-2-4-14(15)17/h2-5,13,15-16H,6-12H2,1H3/t13-,15+,16-/m1/s1. The van der Waals surface area contributed by atoms with Gasteiger partial charge in [-0.05, 0) is 17.5 Å². The number of hydrogen-bond donors (Lipinski definition) is 0. The normalized spacial score (nSPS) is 31.3. The molecule has 3 atom stereocenters. The summed E-state index contributed by atoms with van der Waals surface area (Å²) in [5.74, 6) is 1.81. The molecule has 3 aliphatic heterocycles. The molecule has 0 bridgehead atoms. The van der Waals surface area contributed by atoms with Gasteiger partial charge in [0.05, 0.1) is 19.1 Å². The van der Waals surface area contributed by atoms with Crippen molar-refractivity contribution in [3.8, 4) is 0 Å². The molecule has 0 aromatic heterocycles. The van der Waals surface area contributed by atoms with Gasteiger partial charge in [-0.3, -0.25) is 9.69 Å². The van der Waals surface area contributed by atoms with Crippen LogP contribution in [0.3, 0.4) is 0 Å². The highest BCUT2D eigenvalue weighted by Gasteiger charge is 2.40. The lowest BCUT2D eigenvalue weighted by Gasteiger charge is -2.34. The molecule has 0 N–H and O–H groups in total. The van der Waals surface area contributed by atoms with E-state index < -0.39 is 0 Å². The van der Waals surface area contributed by atoms with Crippen LogP contribution < -0.4 is 0 Å². The van der Waals surface area contributed by atoms with E-state index in [1.807, 2.05) is 17.8 Å². The minimum atomic E-state index is 0.0480. The second-order valence-electron chi connectivity index (χ2n) is 6.84. The largest absolute Gasteiger partial charge is 0.379 e. The molecule has 0 unspecified atom stereocenters. The molecule has 0 radical (unpaired) electrons. The number of amides is 1. The number of carbonyl (C=O) groups excluding carboxylic acids is 1. The first-order chi connectivity index (χ1) is 11.2. The molecule has 1 aromatic carbocycles. The van der Waals surface area contributed by atoms with Crippen molar-refractivity contribution >= 4 is 17.7 Å². The van der Waals surface area contributed by atoms with Gasteiger partial charge in [0, 0.05) is 42.9 Å². The highest BCUT2D eigenvalue weighted by Crippen LogP contribution is 2.41. The zero-order valence-corrected chi connectivity index (χ0v) is 14.4. The molecule has 5 heteroatoms. The van der Waals surface area contributed by atoms with Crippen LogP contribution in [0.1, 0.15) is 18.4 Å². The number of nitrogens with zero attached hydrogens (tertiary/aromatic N) is 2. The zero-order chi connectivity index (χ0) is 15.8. The monoisotopic (exact) mass is 332 g/mol. The molecule has 3 aliphatic rings. The Balaban J connectivity index is 1.46. The van der Waals surface area contributed by atoms with Crippen LogP contribution in [-0.2, 0) is 9.53 Å². The Morgan fingerprint density at radius 2 is 2.00 bits per heavy atom. The number of fused-ring (bicyclic) bond motifs is 1. The minimum Gasteiger partial charge on any atom is -0.379 e. The summed E-state index contributed by atoms with van der Waals surface area (Å²) in [7, 11) is 0. The van der Waals surface area contributed by atoms with Crippen molar-refractivity contribution < 1.29 is 9.53 Å². The lowest BCUT2D eigenvalue weighted by Crippen LogP contribution is -2.47. The topological polar surface area (TPSA) is 32.8 Å². The lowest BCUT2D eigenvalue weighted by molar-refractivity contribution is -0.131. The molecule has 0 spiro atoms. The summed E-state index contributed by atoms with van der Waals surface area (Å²) in [6.45, 7) is 7.70. The molecule has 4 nitrogen and oxygen atoms in total. The molecule has 23 heavy (non-hydrogen) atoms. The molecule has 0 saturated carbocycles. The van der Waals surface area contributed by atoms with Gasteiger partial charge in [0.25, 0.3) is 0 Å². The summed E-state index contributed by atoms with van der Waals surface area (Å²) in [5, 5.41) is 0. The number of hydrogen-bond acceptors (Lipinski definition) is 4. The summed E-state index contributed by atoms with van der Waals surface area (Å²) < 4.78 is 5.46. The first-order valence-electron chi connectivity index (χ1n) is 8.56. The second kappa shape index (κ2) is 6.46. The SMILES string of the molecule is C[C@@H]1CN(C(=O)[C@H]2CSc3ccccc32)C[C@H]1N1CCOCC1. The maximum absolute atomic E-state index is 13.1. The summed E-state index contributed by atoms with van der Waals surface area (Å²) in [6, 6.07) is 8.86. The van der Waals surface area contributed by atoms with Gasteiger partial charge in [-0.1, -0.05) is 25.1 Å². The lowest BCUT2D eigenvalue weighted by atomic mass is 10.00. The molecule has 1 amide bonds. The average molecular weight is 332 g/mol. The van der Waals surface area contributed by atoms with Crippen LogP contribution in [0.25, 0.3) is 0 Å². The minimum absolute atomic E-state index is 0.0480. The van der Waals surface area contributed by atoms with E-state index in [0.29, 0.717) is 17.9 Å². The van der Waals surface area contributed by atoms with Gasteiger partial charge < -0.3 is 9.64 Å². The Hall–Kier alpha value is -1.04. The molecule has 124 valence electrons. The molecule has 2 fully saturated rings. The Morgan fingerprint density at radius 1 is 1.22 bits per heavy atom. The molecule has 1 aromatic rings. The van der Waals surface area contributed by atoms with Crippen LogP contribution in [0.15, 0.2) is 29.2 Å². The third-order valence-corrected chi connectivity index (χ3v) is 6.58. The van der Waals surface area contributed by atoms with Crippen molar-refractivity contribution in [3.05, 3.63) is 29.8 Å². The van der Waals surface area contributed by atoms with Crippen molar-refractivity contribution in [1.82, 2.24) is 9.80 Å². The number of likely N-dealkylation sites (tertiary alicyclic amines) is 1. The molecule has 0 aliphatic carbocycles. The highest BCUT2D eigenvalue weighted by atomic mass is 32.2. The number of benzene rings is 1. The first kappa shape index (κ1) is 15.5. The second-order valence-corrected chi connectivity index (χ2v) is 7.90. The van der Waals surface area contributed by atoms with E-state index in [-0.39, 0.29) is 5.92 Å². The number of morpholine rings is 1. The maximum Gasteiger partial charge on any atom is 0.231 e. The first-order valence-corrected chi connectivity index (χ1v) is 9.55. The van der Waals surface area contributed by atoms with E-state index >= 15 is 0 Å². The zero-order valence-electron chi connectivity index (χ0n) is 13.6. The van der Waals surface area contributed by atoms with E-state index in [9.17, 15) is 4.79 Å². The van der Waals surface area contributed by atoms with Crippen molar-refractivity contribution in [3.63, 3.8) is 0 Å². The quantitative estimate of drug-likeness (QED) is 0.830. The van der Waals surface area contributed by atoms with Crippen LogP contribution in [-0.4, -0.2) is 66.9 Å². The van der Waals surface area contributed by atoms with Crippen molar-refractivity contribution in [1.29, 1.82) is 0 Å². The Morgan fingerprint density at radius 3 is 2.83 bits per heavy atom. The summed E-state index contributed by atoms with van der Waals surface area (Å²) in [6.07, 6.45) is 0. The van der Waals surface area contributed by atoms with E-state index in [1.165, 1.54) is 10.5 Å². The fourth-order valence-electron chi connectivity index (χ4n) is 4.10. The van der Waals surface area contributed by atoms with Crippen molar-refractivity contribution in [2.75, 3.05) is 45.1 Å². The van der Waals surface area contributed by atoms with Crippen LogP contribution >= 0.6 is 11.8 Å². The van der Waals surface area contributed by atoms with E-state index in [4.69, 9.17) is 4.74 Å². The third kappa shape index (κ3) is 2.90. The predicted molar refractivity (Wildman–Crippen MR) is 91.8 cm³/mol. The number of rotatable bonds is 2. The van der Waals surface area contributed by atoms with Gasteiger partial charge in [-0.15, -0.1) is 11.8 Å². The van der Waals surface area contributed by atoms with Gasteiger partial charge in [0.1, 0.15) is 0 Å². The van der Waals surface area contributed by atoms with Crippen LogP contribution in [0.5, 0.6) is 0 Å². The summed E-state index contributed by atoms with van der Waals surface area (Å²) in [5.41, 5.74) is 1.23.